The second-order valence-corrected chi connectivity index (χ2v) is 4.55. The summed E-state index contributed by atoms with van der Waals surface area (Å²) >= 11 is 11.7. The van der Waals surface area contributed by atoms with Crippen LogP contribution in [0.4, 0.5) is 0 Å². The van der Waals surface area contributed by atoms with Crippen LogP contribution in [0.15, 0.2) is 36.5 Å². The van der Waals surface area contributed by atoms with Crippen LogP contribution in [0, 0.1) is 6.92 Å². The Morgan fingerprint density at radius 3 is 2.24 bits per heavy atom. The minimum absolute atomic E-state index is 0.137. The molecule has 2 rings (SSSR count). The summed E-state index contributed by atoms with van der Waals surface area (Å²) in [5.41, 5.74) is 1.85. The van der Waals surface area contributed by atoms with Crippen LogP contribution in [0.25, 0.3) is 0 Å². The number of halogens is 2. The lowest BCUT2D eigenvalue weighted by Crippen LogP contribution is -2.02. The van der Waals surface area contributed by atoms with Crippen molar-refractivity contribution < 1.29 is 4.79 Å². The minimum Gasteiger partial charge on any atom is -0.289 e. The van der Waals surface area contributed by atoms with Crippen molar-refractivity contribution in [2.75, 3.05) is 0 Å². The van der Waals surface area contributed by atoms with Crippen LogP contribution in [0.1, 0.15) is 21.6 Å². The molecular formula is C13H9Cl2NO. The highest BCUT2D eigenvalue weighted by Crippen LogP contribution is 2.21. The summed E-state index contributed by atoms with van der Waals surface area (Å²) in [6, 6.07) is 8.30. The number of benzene rings is 1. The molecule has 0 bridgehead atoms. The molecule has 0 N–H and O–H groups in total. The minimum atomic E-state index is -0.137. The van der Waals surface area contributed by atoms with Gasteiger partial charge in [-0.2, -0.15) is 0 Å². The number of aromatic nitrogens is 1. The maximum atomic E-state index is 12.1. The average molecular weight is 266 g/mol. The van der Waals surface area contributed by atoms with E-state index >= 15 is 0 Å². The molecule has 0 saturated heterocycles. The Bertz CT molecular complexity index is 544. The van der Waals surface area contributed by atoms with Crippen molar-refractivity contribution in [1.82, 2.24) is 4.98 Å². The summed E-state index contributed by atoms with van der Waals surface area (Å²) in [6.45, 7) is 1.87. The molecule has 0 aliphatic heterocycles. The second kappa shape index (κ2) is 4.86. The first-order valence-electron chi connectivity index (χ1n) is 5.00. The molecule has 1 aromatic heterocycles. The van der Waals surface area contributed by atoms with Crippen LogP contribution >= 0.6 is 23.2 Å². The van der Waals surface area contributed by atoms with E-state index in [1.165, 1.54) is 0 Å². The van der Waals surface area contributed by atoms with Crippen molar-refractivity contribution in [2.45, 2.75) is 6.92 Å². The fraction of sp³-hybridized carbons (Fsp3) is 0.0769. The molecule has 0 fully saturated rings. The molecule has 86 valence electrons. The number of nitrogens with zero attached hydrogens (tertiary/aromatic N) is 1. The van der Waals surface area contributed by atoms with Gasteiger partial charge in [-0.3, -0.25) is 9.78 Å². The third kappa shape index (κ3) is 2.84. The summed E-state index contributed by atoms with van der Waals surface area (Å²) in [4.78, 5) is 16.2. The standard InChI is InChI=1S/C13H9Cl2NO/c1-8-2-3-9(7-16-8)13(17)10-4-11(14)6-12(15)5-10/h2-7H,1H3. The van der Waals surface area contributed by atoms with E-state index in [2.05, 4.69) is 4.98 Å². The maximum absolute atomic E-state index is 12.1. The van der Waals surface area contributed by atoms with Crippen LogP contribution in [-0.2, 0) is 0 Å². The first-order valence-corrected chi connectivity index (χ1v) is 5.75. The predicted molar refractivity (Wildman–Crippen MR) is 68.9 cm³/mol. The van der Waals surface area contributed by atoms with Gasteiger partial charge in [0, 0.05) is 33.1 Å². The normalized spacial score (nSPS) is 10.3. The van der Waals surface area contributed by atoms with Crippen molar-refractivity contribution in [1.29, 1.82) is 0 Å². The van der Waals surface area contributed by atoms with E-state index in [-0.39, 0.29) is 5.78 Å². The van der Waals surface area contributed by atoms with Gasteiger partial charge >= 0.3 is 0 Å². The molecule has 0 unspecified atom stereocenters. The molecular weight excluding hydrogens is 257 g/mol. The van der Waals surface area contributed by atoms with Crippen LogP contribution in [0.3, 0.4) is 0 Å². The monoisotopic (exact) mass is 265 g/mol. The van der Waals surface area contributed by atoms with Gasteiger partial charge in [0.05, 0.1) is 0 Å². The van der Waals surface area contributed by atoms with Gasteiger partial charge < -0.3 is 0 Å². The van der Waals surface area contributed by atoms with Gasteiger partial charge in [0.25, 0.3) is 0 Å². The van der Waals surface area contributed by atoms with Crippen LogP contribution in [0.2, 0.25) is 10.0 Å². The molecule has 17 heavy (non-hydrogen) atoms. The van der Waals surface area contributed by atoms with Gasteiger partial charge in [-0.05, 0) is 37.3 Å². The molecule has 0 atom stereocenters. The first kappa shape index (κ1) is 12.1. The number of carbonyl (C=O) groups is 1. The highest BCUT2D eigenvalue weighted by Gasteiger charge is 2.10. The molecule has 0 aliphatic carbocycles. The summed E-state index contributed by atoms with van der Waals surface area (Å²) in [5.74, 6) is -0.137. The van der Waals surface area contributed by atoms with E-state index in [1.54, 1.807) is 36.5 Å². The highest BCUT2D eigenvalue weighted by atomic mass is 35.5. The van der Waals surface area contributed by atoms with Gasteiger partial charge in [0.1, 0.15) is 0 Å². The zero-order valence-electron chi connectivity index (χ0n) is 9.08. The van der Waals surface area contributed by atoms with Crippen LogP contribution in [0.5, 0.6) is 0 Å². The van der Waals surface area contributed by atoms with Gasteiger partial charge in [0.2, 0.25) is 0 Å². The SMILES string of the molecule is Cc1ccc(C(=O)c2cc(Cl)cc(Cl)c2)cn1. The lowest BCUT2D eigenvalue weighted by molar-refractivity contribution is 0.103. The van der Waals surface area contributed by atoms with Crippen molar-refractivity contribution in [3.05, 3.63) is 63.4 Å². The summed E-state index contributed by atoms with van der Waals surface area (Å²) in [6.07, 6.45) is 1.55. The summed E-state index contributed by atoms with van der Waals surface area (Å²) in [7, 11) is 0. The van der Waals surface area contributed by atoms with E-state index in [0.717, 1.165) is 5.69 Å². The molecule has 0 spiro atoms. The lowest BCUT2D eigenvalue weighted by Gasteiger charge is -2.03. The third-order valence-electron chi connectivity index (χ3n) is 2.30. The fourth-order valence-corrected chi connectivity index (χ4v) is 1.98. The van der Waals surface area contributed by atoms with E-state index in [1.807, 2.05) is 6.92 Å². The summed E-state index contributed by atoms with van der Waals surface area (Å²) < 4.78 is 0. The number of pyridine rings is 1. The first-order chi connectivity index (χ1) is 8.06. The van der Waals surface area contributed by atoms with Gasteiger partial charge in [-0.1, -0.05) is 23.2 Å². The van der Waals surface area contributed by atoms with Crippen molar-refractivity contribution >= 4 is 29.0 Å². The number of ketones is 1. The van der Waals surface area contributed by atoms with Gasteiger partial charge in [0.15, 0.2) is 5.78 Å². The second-order valence-electron chi connectivity index (χ2n) is 3.68. The Kier molecular flexibility index (Phi) is 3.46. The molecule has 0 radical (unpaired) electrons. The van der Waals surface area contributed by atoms with Gasteiger partial charge in [-0.25, -0.2) is 0 Å². The smallest absolute Gasteiger partial charge is 0.194 e. The topological polar surface area (TPSA) is 30.0 Å². The van der Waals surface area contributed by atoms with E-state index in [0.29, 0.717) is 21.2 Å². The van der Waals surface area contributed by atoms with Crippen LogP contribution < -0.4 is 0 Å². The Morgan fingerprint density at radius 2 is 1.71 bits per heavy atom. The number of hydrogen-bond acceptors (Lipinski definition) is 2. The molecule has 2 nitrogen and oxygen atoms in total. The zero-order chi connectivity index (χ0) is 12.4. The molecule has 0 aliphatic rings. The van der Waals surface area contributed by atoms with Gasteiger partial charge in [-0.15, -0.1) is 0 Å². The number of carbonyl (C=O) groups excluding carboxylic acids is 1. The molecule has 1 aromatic carbocycles. The molecule has 0 saturated carbocycles. The largest absolute Gasteiger partial charge is 0.289 e. The Morgan fingerprint density at radius 1 is 1.06 bits per heavy atom. The zero-order valence-corrected chi connectivity index (χ0v) is 10.6. The average Bonchev–Trinajstić information content (AvgIpc) is 2.28. The number of hydrogen-bond donors (Lipinski definition) is 0. The maximum Gasteiger partial charge on any atom is 0.194 e. The van der Waals surface area contributed by atoms with Crippen LogP contribution in [-0.4, -0.2) is 10.8 Å². The Balaban J connectivity index is 2.40. The van der Waals surface area contributed by atoms with Crippen molar-refractivity contribution in [2.24, 2.45) is 0 Å². The molecule has 0 amide bonds. The molecule has 2 aromatic rings. The van der Waals surface area contributed by atoms with Crippen molar-refractivity contribution in [3.63, 3.8) is 0 Å². The van der Waals surface area contributed by atoms with E-state index in [4.69, 9.17) is 23.2 Å². The molecule has 4 heteroatoms. The van der Waals surface area contributed by atoms with E-state index < -0.39 is 0 Å². The molecule has 1 heterocycles. The Labute approximate surface area is 109 Å². The fourth-order valence-electron chi connectivity index (χ4n) is 1.45. The quantitative estimate of drug-likeness (QED) is 0.771. The number of rotatable bonds is 2. The van der Waals surface area contributed by atoms with E-state index in [9.17, 15) is 4.79 Å². The third-order valence-corrected chi connectivity index (χ3v) is 2.73. The Hall–Kier alpha value is -1.38. The number of aryl methyl sites for hydroxylation is 1. The highest BCUT2D eigenvalue weighted by molar-refractivity contribution is 6.35. The predicted octanol–water partition coefficient (Wildman–Crippen LogP) is 3.93. The summed E-state index contributed by atoms with van der Waals surface area (Å²) in [5, 5.41) is 0.891. The lowest BCUT2D eigenvalue weighted by atomic mass is 10.1. The van der Waals surface area contributed by atoms with Crippen molar-refractivity contribution in [3.8, 4) is 0 Å².